The average Bonchev–Trinajstić information content (AvgIpc) is 2.99. The van der Waals surface area contributed by atoms with Crippen molar-refractivity contribution in [2.24, 2.45) is 0 Å². The fourth-order valence-corrected chi connectivity index (χ4v) is 4.63. The molecule has 1 aromatic carbocycles. The summed E-state index contributed by atoms with van der Waals surface area (Å²) >= 11 is 1.26. The number of para-hydroxylation sites is 1. The molecule has 22 heavy (non-hydrogen) atoms. The minimum absolute atomic E-state index is 0.352. The molecule has 3 rings (SSSR count). The Morgan fingerprint density at radius 3 is 2.45 bits per heavy atom. The third kappa shape index (κ3) is 3.43. The van der Waals surface area contributed by atoms with Crippen molar-refractivity contribution in [2.75, 3.05) is 42.8 Å². The first-order valence-corrected chi connectivity index (χ1v) is 9.51. The molecule has 0 aliphatic carbocycles. The molecule has 0 unspecified atom stereocenters. The molecular formula is C15H19N3O2S2. The summed E-state index contributed by atoms with van der Waals surface area (Å²) in [6, 6.07) is 10.7. The largest absolute Gasteiger partial charge is 0.368 e. The van der Waals surface area contributed by atoms with Gasteiger partial charge in [0.05, 0.1) is 0 Å². The molecule has 1 aliphatic rings. The lowest BCUT2D eigenvalue weighted by Gasteiger charge is -2.33. The Balaban J connectivity index is 1.75. The second-order valence-electron chi connectivity index (χ2n) is 5.39. The lowest BCUT2D eigenvalue weighted by molar-refractivity contribution is 0.313. The lowest BCUT2D eigenvalue weighted by atomic mass is 10.3. The molecule has 118 valence electrons. The summed E-state index contributed by atoms with van der Waals surface area (Å²) in [4.78, 5) is 4.51. The molecule has 0 spiro atoms. The molecule has 1 saturated heterocycles. The van der Waals surface area contributed by atoms with Crippen LogP contribution in [0.15, 0.2) is 46.0 Å². The molecule has 5 nitrogen and oxygen atoms in total. The zero-order chi connectivity index (χ0) is 15.6. The SMILES string of the molecule is CN1CCN(c2csc(S(=O)(=O)Nc3ccccc3)c2)CC1. The zero-order valence-electron chi connectivity index (χ0n) is 12.4. The normalized spacial score (nSPS) is 16.7. The van der Waals surface area contributed by atoms with Crippen molar-refractivity contribution in [3.63, 3.8) is 0 Å². The maximum Gasteiger partial charge on any atom is 0.271 e. The molecule has 2 aromatic rings. The van der Waals surface area contributed by atoms with Gasteiger partial charge in [0.25, 0.3) is 10.0 Å². The van der Waals surface area contributed by atoms with E-state index in [-0.39, 0.29) is 0 Å². The fourth-order valence-electron chi connectivity index (χ4n) is 2.39. The Morgan fingerprint density at radius 2 is 1.77 bits per heavy atom. The summed E-state index contributed by atoms with van der Waals surface area (Å²) in [5, 5.41) is 1.92. The van der Waals surface area contributed by atoms with E-state index in [4.69, 9.17) is 0 Å². The van der Waals surface area contributed by atoms with Crippen LogP contribution in [-0.4, -0.2) is 46.5 Å². The van der Waals surface area contributed by atoms with Crippen LogP contribution < -0.4 is 9.62 Å². The van der Waals surface area contributed by atoms with E-state index in [2.05, 4.69) is 21.6 Å². The van der Waals surface area contributed by atoms with Crippen LogP contribution in [0.3, 0.4) is 0 Å². The summed E-state index contributed by atoms with van der Waals surface area (Å²) in [7, 11) is -1.41. The van der Waals surface area contributed by atoms with Crippen molar-refractivity contribution in [3.05, 3.63) is 41.8 Å². The highest BCUT2D eigenvalue weighted by molar-refractivity contribution is 7.94. The molecule has 2 heterocycles. The van der Waals surface area contributed by atoms with Gasteiger partial charge in [-0.15, -0.1) is 11.3 Å². The monoisotopic (exact) mass is 337 g/mol. The Hall–Kier alpha value is -1.57. The minimum atomic E-state index is -3.51. The number of nitrogens with one attached hydrogen (secondary N) is 1. The van der Waals surface area contributed by atoms with E-state index in [1.807, 2.05) is 23.6 Å². The standard InChI is InChI=1S/C15H19N3O2S2/c1-17-7-9-18(10-8-17)14-11-15(21-12-14)22(19,20)16-13-5-3-2-4-6-13/h2-6,11-12,16H,7-10H2,1H3. The Kier molecular flexibility index (Phi) is 4.37. The summed E-state index contributed by atoms with van der Waals surface area (Å²) in [5.74, 6) is 0. The summed E-state index contributed by atoms with van der Waals surface area (Å²) < 4.78 is 27.8. The minimum Gasteiger partial charge on any atom is -0.368 e. The van der Waals surface area contributed by atoms with Gasteiger partial charge in [-0.3, -0.25) is 4.72 Å². The van der Waals surface area contributed by atoms with Gasteiger partial charge in [-0.05, 0) is 25.2 Å². The Morgan fingerprint density at radius 1 is 1.09 bits per heavy atom. The number of piperazine rings is 1. The molecule has 7 heteroatoms. The first-order valence-electron chi connectivity index (χ1n) is 7.14. The van der Waals surface area contributed by atoms with Gasteiger partial charge in [-0.1, -0.05) is 18.2 Å². The fraction of sp³-hybridized carbons (Fsp3) is 0.333. The van der Waals surface area contributed by atoms with Crippen LogP contribution in [-0.2, 0) is 10.0 Å². The highest BCUT2D eigenvalue weighted by atomic mass is 32.2. The van der Waals surface area contributed by atoms with Gasteiger partial charge in [-0.2, -0.15) is 0 Å². The molecule has 0 saturated carbocycles. The molecule has 0 atom stereocenters. The number of thiophene rings is 1. The van der Waals surface area contributed by atoms with Crippen LogP contribution >= 0.6 is 11.3 Å². The first-order chi connectivity index (χ1) is 10.5. The van der Waals surface area contributed by atoms with Gasteiger partial charge >= 0.3 is 0 Å². The third-order valence-corrected chi connectivity index (χ3v) is 6.53. The molecule has 0 bridgehead atoms. The van der Waals surface area contributed by atoms with Crippen LogP contribution in [0.4, 0.5) is 11.4 Å². The van der Waals surface area contributed by atoms with Gasteiger partial charge in [0.1, 0.15) is 4.21 Å². The predicted octanol–water partition coefficient (Wildman–Crippen LogP) is 2.30. The van der Waals surface area contributed by atoms with Gasteiger partial charge < -0.3 is 9.80 Å². The summed E-state index contributed by atoms with van der Waals surface area (Å²) in [5.41, 5.74) is 1.57. The quantitative estimate of drug-likeness (QED) is 0.930. The number of nitrogens with zero attached hydrogens (tertiary/aromatic N) is 2. The highest BCUT2D eigenvalue weighted by Gasteiger charge is 2.20. The Labute approximate surface area is 135 Å². The molecule has 1 aromatic heterocycles. The average molecular weight is 337 g/mol. The number of hydrogen-bond donors (Lipinski definition) is 1. The predicted molar refractivity (Wildman–Crippen MR) is 91.3 cm³/mol. The topological polar surface area (TPSA) is 52.7 Å². The van der Waals surface area contributed by atoms with Crippen LogP contribution in [0, 0.1) is 0 Å². The smallest absolute Gasteiger partial charge is 0.271 e. The van der Waals surface area contributed by atoms with Crippen LogP contribution in [0.1, 0.15) is 0 Å². The lowest BCUT2D eigenvalue weighted by Crippen LogP contribution is -2.44. The van der Waals surface area contributed by atoms with Gasteiger partial charge in [0, 0.05) is 42.9 Å². The molecular weight excluding hydrogens is 318 g/mol. The van der Waals surface area contributed by atoms with Crippen molar-refractivity contribution in [3.8, 4) is 0 Å². The summed E-state index contributed by atoms with van der Waals surface area (Å²) in [6.07, 6.45) is 0. The Bertz CT molecular complexity index is 720. The molecule has 1 N–H and O–H groups in total. The van der Waals surface area contributed by atoms with Gasteiger partial charge in [0.15, 0.2) is 0 Å². The third-order valence-electron chi connectivity index (χ3n) is 3.72. The zero-order valence-corrected chi connectivity index (χ0v) is 14.0. The van der Waals surface area contributed by atoms with Crippen molar-refractivity contribution in [1.29, 1.82) is 0 Å². The van der Waals surface area contributed by atoms with Crippen LogP contribution in [0.25, 0.3) is 0 Å². The number of benzene rings is 1. The van der Waals surface area contributed by atoms with E-state index < -0.39 is 10.0 Å². The van der Waals surface area contributed by atoms with E-state index in [1.165, 1.54) is 11.3 Å². The van der Waals surface area contributed by atoms with Gasteiger partial charge in [-0.25, -0.2) is 8.42 Å². The molecule has 1 fully saturated rings. The van der Waals surface area contributed by atoms with Crippen LogP contribution in [0.5, 0.6) is 0 Å². The number of likely N-dealkylation sites (N-methyl/N-ethyl adjacent to an activating group) is 1. The van der Waals surface area contributed by atoms with E-state index in [0.717, 1.165) is 31.9 Å². The highest BCUT2D eigenvalue weighted by Crippen LogP contribution is 2.28. The summed E-state index contributed by atoms with van der Waals surface area (Å²) in [6.45, 7) is 3.86. The van der Waals surface area contributed by atoms with E-state index in [0.29, 0.717) is 9.90 Å². The first kappa shape index (κ1) is 15.3. The van der Waals surface area contributed by atoms with Crippen molar-refractivity contribution in [1.82, 2.24) is 4.90 Å². The number of anilines is 2. The number of rotatable bonds is 4. The molecule has 0 radical (unpaired) electrons. The molecule has 0 amide bonds. The van der Waals surface area contributed by atoms with E-state index in [1.54, 1.807) is 18.2 Å². The molecule has 1 aliphatic heterocycles. The maximum absolute atomic E-state index is 12.4. The van der Waals surface area contributed by atoms with E-state index in [9.17, 15) is 8.42 Å². The number of hydrogen-bond acceptors (Lipinski definition) is 5. The van der Waals surface area contributed by atoms with Crippen molar-refractivity contribution >= 4 is 32.7 Å². The van der Waals surface area contributed by atoms with E-state index >= 15 is 0 Å². The second-order valence-corrected chi connectivity index (χ2v) is 8.21. The maximum atomic E-state index is 12.4. The van der Waals surface area contributed by atoms with Crippen LogP contribution in [0.2, 0.25) is 0 Å². The van der Waals surface area contributed by atoms with Crippen molar-refractivity contribution < 1.29 is 8.42 Å². The van der Waals surface area contributed by atoms with Gasteiger partial charge in [0.2, 0.25) is 0 Å². The second kappa shape index (κ2) is 6.28. The number of sulfonamides is 1. The van der Waals surface area contributed by atoms with Crippen molar-refractivity contribution in [2.45, 2.75) is 4.21 Å².